The summed E-state index contributed by atoms with van der Waals surface area (Å²) in [6, 6.07) is 17.3. The molecule has 7 heteroatoms. The number of ether oxygens (including phenoxy) is 2. The lowest BCUT2D eigenvalue weighted by Gasteiger charge is -2.28. The maximum absolute atomic E-state index is 13.4. The van der Waals surface area contributed by atoms with Crippen LogP contribution in [-0.2, 0) is 9.59 Å². The molecule has 1 N–H and O–H groups in total. The van der Waals surface area contributed by atoms with Crippen LogP contribution in [-0.4, -0.2) is 44.1 Å². The summed E-state index contributed by atoms with van der Waals surface area (Å²) >= 11 is 0. The van der Waals surface area contributed by atoms with Gasteiger partial charge in [0, 0.05) is 18.3 Å². The highest BCUT2D eigenvalue weighted by Gasteiger charge is 2.47. The van der Waals surface area contributed by atoms with Crippen molar-refractivity contribution < 1.29 is 24.2 Å². The van der Waals surface area contributed by atoms with E-state index in [2.05, 4.69) is 0 Å². The van der Waals surface area contributed by atoms with Gasteiger partial charge in [0.05, 0.1) is 31.0 Å². The van der Waals surface area contributed by atoms with Crippen LogP contribution in [0.1, 0.15) is 28.3 Å². The van der Waals surface area contributed by atoms with E-state index in [4.69, 9.17) is 9.47 Å². The molecule has 36 heavy (non-hydrogen) atoms. The summed E-state index contributed by atoms with van der Waals surface area (Å²) in [6.07, 6.45) is 0. The van der Waals surface area contributed by atoms with Crippen LogP contribution in [0.3, 0.4) is 0 Å². The number of benzene rings is 3. The van der Waals surface area contributed by atoms with Gasteiger partial charge in [-0.1, -0.05) is 18.2 Å². The smallest absolute Gasteiger partial charge is 0.300 e. The zero-order valence-electron chi connectivity index (χ0n) is 20.7. The Morgan fingerprint density at radius 2 is 1.75 bits per heavy atom. The van der Waals surface area contributed by atoms with Crippen molar-refractivity contribution in [3.05, 3.63) is 88.5 Å². The second-order valence-electron chi connectivity index (χ2n) is 9.16. The third-order valence-corrected chi connectivity index (χ3v) is 6.97. The van der Waals surface area contributed by atoms with E-state index in [1.165, 1.54) is 4.90 Å². The molecule has 1 amide bonds. The highest BCUT2D eigenvalue weighted by atomic mass is 16.5. The van der Waals surface area contributed by atoms with Crippen molar-refractivity contribution in [3.63, 3.8) is 0 Å². The number of fused-ring (bicyclic) bond motifs is 1. The Bertz CT molecular complexity index is 1390. The molecular formula is C29H28N2O5. The van der Waals surface area contributed by atoms with Crippen molar-refractivity contribution in [2.45, 2.75) is 19.9 Å². The zero-order valence-corrected chi connectivity index (χ0v) is 20.7. The zero-order chi connectivity index (χ0) is 25.6. The number of Topliss-reactive ketones (excluding diaryl/α,β-unsaturated/α-hetero) is 1. The lowest BCUT2D eigenvalue weighted by atomic mass is 9.94. The lowest BCUT2D eigenvalue weighted by Crippen LogP contribution is -2.29. The molecule has 0 spiro atoms. The van der Waals surface area contributed by atoms with Gasteiger partial charge in [-0.05, 0) is 73.0 Å². The highest BCUT2D eigenvalue weighted by Crippen LogP contribution is 2.43. The number of likely N-dealkylation sites (N-methyl/N-ethyl adjacent to an activating group) is 1. The first-order valence-corrected chi connectivity index (χ1v) is 11.8. The Balaban J connectivity index is 1.70. The molecule has 0 bridgehead atoms. The Hall–Kier alpha value is -4.26. The number of aliphatic hydroxyl groups is 1. The van der Waals surface area contributed by atoms with Gasteiger partial charge in [-0.3, -0.25) is 14.5 Å². The molecule has 184 valence electrons. The number of methoxy groups -OCH3 is 1. The van der Waals surface area contributed by atoms with E-state index >= 15 is 0 Å². The summed E-state index contributed by atoms with van der Waals surface area (Å²) in [5.41, 5.74) is 4.67. The molecule has 0 saturated carbocycles. The first-order chi connectivity index (χ1) is 17.3. The molecule has 3 aromatic rings. The summed E-state index contributed by atoms with van der Waals surface area (Å²) in [7, 11) is 3.52. The lowest BCUT2D eigenvalue weighted by molar-refractivity contribution is -0.132. The molecule has 0 radical (unpaired) electrons. The summed E-state index contributed by atoms with van der Waals surface area (Å²) in [6.45, 7) is 5.24. The molecule has 0 aromatic heterocycles. The predicted molar refractivity (Wildman–Crippen MR) is 139 cm³/mol. The minimum atomic E-state index is -0.803. The van der Waals surface area contributed by atoms with E-state index in [-0.39, 0.29) is 11.3 Å². The maximum atomic E-state index is 13.4. The van der Waals surface area contributed by atoms with Crippen molar-refractivity contribution in [2.75, 3.05) is 37.1 Å². The minimum absolute atomic E-state index is 0.0442. The second kappa shape index (κ2) is 9.07. The van der Waals surface area contributed by atoms with E-state index in [1.807, 2.05) is 56.1 Å². The van der Waals surface area contributed by atoms with Crippen LogP contribution >= 0.6 is 0 Å². The fourth-order valence-electron chi connectivity index (χ4n) is 4.73. The summed E-state index contributed by atoms with van der Waals surface area (Å²) in [5.74, 6) is -0.266. The van der Waals surface area contributed by atoms with Gasteiger partial charge in [0.25, 0.3) is 11.7 Å². The van der Waals surface area contributed by atoms with Crippen molar-refractivity contribution in [2.24, 2.45) is 0 Å². The SMILES string of the molecule is COc1ccc(C2/C(=C(/O)c3ccc4c(c3)N(C)CCO4)C(=O)C(=O)N2c2ccc(C)c(C)c2)cc1. The minimum Gasteiger partial charge on any atom is -0.507 e. The molecule has 3 aromatic carbocycles. The largest absolute Gasteiger partial charge is 0.507 e. The first kappa shape index (κ1) is 23.5. The number of anilines is 2. The number of ketones is 1. The van der Waals surface area contributed by atoms with Crippen LogP contribution in [0.15, 0.2) is 66.2 Å². The third kappa shape index (κ3) is 3.86. The average Bonchev–Trinajstić information content (AvgIpc) is 3.15. The number of hydrogen-bond acceptors (Lipinski definition) is 6. The van der Waals surface area contributed by atoms with Crippen LogP contribution in [0.5, 0.6) is 11.5 Å². The van der Waals surface area contributed by atoms with Crippen molar-refractivity contribution >= 4 is 28.8 Å². The Morgan fingerprint density at radius 1 is 1.00 bits per heavy atom. The fraction of sp³-hybridized carbons (Fsp3) is 0.241. The summed E-state index contributed by atoms with van der Waals surface area (Å²) in [4.78, 5) is 30.4. The number of hydrogen-bond donors (Lipinski definition) is 1. The average molecular weight is 485 g/mol. The van der Waals surface area contributed by atoms with Gasteiger partial charge < -0.3 is 19.5 Å². The van der Waals surface area contributed by atoms with Gasteiger partial charge in [-0.2, -0.15) is 0 Å². The van der Waals surface area contributed by atoms with Crippen LogP contribution in [0.25, 0.3) is 5.76 Å². The summed E-state index contributed by atoms with van der Waals surface area (Å²) in [5, 5.41) is 11.5. The van der Waals surface area contributed by atoms with Gasteiger partial charge in [-0.25, -0.2) is 0 Å². The van der Waals surface area contributed by atoms with Gasteiger partial charge >= 0.3 is 0 Å². The Labute approximate surface area is 210 Å². The molecule has 2 aliphatic rings. The monoisotopic (exact) mass is 484 g/mol. The van der Waals surface area contributed by atoms with Gasteiger partial charge in [-0.15, -0.1) is 0 Å². The van der Waals surface area contributed by atoms with Crippen LogP contribution in [0, 0.1) is 13.8 Å². The number of aryl methyl sites for hydroxylation is 2. The van der Waals surface area contributed by atoms with Crippen LogP contribution < -0.4 is 19.3 Å². The van der Waals surface area contributed by atoms with Gasteiger partial charge in [0.15, 0.2) is 0 Å². The standard InChI is InChI=1S/C29H28N2O5/c1-17-5-9-21(15-18(17)2)31-26(19-6-10-22(35-4)11-7-19)25(28(33)29(31)34)27(32)20-8-12-24-23(16-20)30(3)13-14-36-24/h5-12,15-16,26,32H,13-14H2,1-4H3/b27-25-. The van der Waals surface area contributed by atoms with Crippen LogP contribution in [0.2, 0.25) is 0 Å². The van der Waals surface area contributed by atoms with Crippen molar-refractivity contribution in [3.8, 4) is 11.5 Å². The molecule has 1 unspecified atom stereocenters. The van der Waals surface area contributed by atoms with E-state index in [0.29, 0.717) is 41.5 Å². The topological polar surface area (TPSA) is 79.3 Å². The number of carbonyl (C=O) groups excluding carboxylic acids is 2. The van der Waals surface area contributed by atoms with E-state index in [1.54, 1.807) is 37.4 Å². The molecule has 1 fully saturated rings. The van der Waals surface area contributed by atoms with E-state index in [9.17, 15) is 14.7 Å². The normalized spacial score (nSPS) is 18.7. The molecule has 1 saturated heterocycles. The molecule has 1 atom stereocenters. The maximum Gasteiger partial charge on any atom is 0.300 e. The van der Waals surface area contributed by atoms with Crippen molar-refractivity contribution in [1.29, 1.82) is 0 Å². The number of carbonyl (C=O) groups is 2. The predicted octanol–water partition coefficient (Wildman–Crippen LogP) is 4.77. The quantitative estimate of drug-likeness (QED) is 0.327. The highest BCUT2D eigenvalue weighted by molar-refractivity contribution is 6.51. The second-order valence-corrected chi connectivity index (χ2v) is 9.16. The molecule has 2 heterocycles. The number of nitrogens with zero attached hydrogens (tertiary/aromatic N) is 2. The Kier molecular flexibility index (Phi) is 5.92. The molecule has 0 aliphatic carbocycles. The van der Waals surface area contributed by atoms with Crippen LogP contribution in [0.4, 0.5) is 11.4 Å². The first-order valence-electron chi connectivity index (χ1n) is 11.8. The van der Waals surface area contributed by atoms with E-state index in [0.717, 1.165) is 16.8 Å². The molecule has 2 aliphatic heterocycles. The molecule has 5 rings (SSSR count). The van der Waals surface area contributed by atoms with E-state index < -0.39 is 17.7 Å². The van der Waals surface area contributed by atoms with Gasteiger partial charge in [0.2, 0.25) is 0 Å². The number of aliphatic hydroxyl groups excluding tert-OH is 1. The Morgan fingerprint density at radius 3 is 2.44 bits per heavy atom. The molecular weight excluding hydrogens is 456 g/mol. The van der Waals surface area contributed by atoms with Gasteiger partial charge in [0.1, 0.15) is 23.9 Å². The molecule has 7 nitrogen and oxygen atoms in total. The van der Waals surface area contributed by atoms with Crippen molar-refractivity contribution in [1.82, 2.24) is 0 Å². The third-order valence-electron chi connectivity index (χ3n) is 6.97. The number of amides is 1. The summed E-state index contributed by atoms with van der Waals surface area (Å²) < 4.78 is 11.0. The number of rotatable bonds is 4. The fourth-order valence-corrected chi connectivity index (χ4v) is 4.73.